The molecule has 2 heteroatoms. The average Bonchev–Trinajstić information content (AvgIpc) is 3.01. The Balaban J connectivity index is 1.31. The van der Waals surface area contributed by atoms with Crippen molar-refractivity contribution in [2.24, 2.45) is 11.8 Å². The molecular formula is C37H32S2. The molecule has 1 saturated heterocycles. The first-order chi connectivity index (χ1) is 19.3. The van der Waals surface area contributed by atoms with Gasteiger partial charge in [0.1, 0.15) is 0 Å². The molecule has 0 amide bonds. The van der Waals surface area contributed by atoms with E-state index in [-0.39, 0.29) is 5.41 Å². The zero-order valence-corrected chi connectivity index (χ0v) is 23.6. The van der Waals surface area contributed by atoms with Crippen LogP contribution >= 0.6 is 23.5 Å². The molecule has 0 N–H and O–H groups in total. The van der Waals surface area contributed by atoms with Crippen LogP contribution in [0.4, 0.5) is 0 Å². The van der Waals surface area contributed by atoms with Gasteiger partial charge >= 0.3 is 0 Å². The maximum absolute atomic E-state index is 2.64. The fourth-order valence-electron chi connectivity index (χ4n) is 7.80. The van der Waals surface area contributed by atoms with Gasteiger partial charge < -0.3 is 0 Å². The largest absolute Gasteiger partial charge is 0.122 e. The van der Waals surface area contributed by atoms with Gasteiger partial charge in [-0.3, -0.25) is 0 Å². The standard InChI is InChI=1S/C37H32S2/c1-3-11-25(12-4-1)27-19-21-31-35(23-27)38-33-17-9-7-15-29(33)37(31)30-16-8-10-18-34(30)39-36-24-28(20-22-32(36)37)26-13-5-2-6-14-26/h1-7,9,11-22,24,27,31-32,35-36H,8,10,23H2. The molecule has 3 aromatic rings. The van der Waals surface area contributed by atoms with Crippen LogP contribution in [0.2, 0.25) is 0 Å². The van der Waals surface area contributed by atoms with Gasteiger partial charge in [0, 0.05) is 43.5 Å². The molecule has 6 atom stereocenters. The van der Waals surface area contributed by atoms with Gasteiger partial charge in [-0.15, -0.1) is 23.5 Å². The lowest BCUT2D eigenvalue weighted by Crippen LogP contribution is -2.55. The van der Waals surface area contributed by atoms with Crippen LogP contribution in [0.15, 0.2) is 143 Å². The molecule has 8 rings (SSSR count). The number of hydrogen-bond donors (Lipinski definition) is 0. The third-order valence-corrected chi connectivity index (χ3v) is 12.2. The van der Waals surface area contributed by atoms with Crippen LogP contribution in [0.3, 0.4) is 0 Å². The molecule has 0 bridgehead atoms. The minimum atomic E-state index is -0.0396. The smallest absolute Gasteiger partial charge is 0.0371 e. The normalized spacial score (nSPS) is 32.2. The van der Waals surface area contributed by atoms with Gasteiger partial charge in [0.25, 0.3) is 0 Å². The van der Waals surface area contributed by atoms with Crippen LogP contribution in [0.1, 0.15) is 41.9 Å². The summed E-state index contributed by atoms with van der Waals surface area (Å²) in [4.78, 5) is 3.02. The molecule has 39 heavy (non-hydrogen) atoms. The first kappa shape index (κ1) is 23.9. The highest BCUT2D eigenvalue weighted by molar-refractivity contribution is 8.04. The Morgan fingerprint density at radius 2 is 1.46 bits per heavy atom. The molecule has 5 aliphatic rings. The lowest BCUT2D eigenvalue weighted by atomic mass is 9.53. The third-order valence-electron chi connectivity index (χ3n) is 9.43. The number of thioether (sulfide) groups is 2. The Morgan fingerprint density at radius 1 is 0.692 bits per heavy atom. The molecule has 1 spiro atoms. The van der Waals surface area contributed by atoms with Crippen molar-refractivity contribution in [2.45, 2.75) is 46.0 Å². The molecule has 0 radical (unpaired) electrons. The molecule has 3 aromatic carbocycles. The fourth-order valence-corrected chi connectivity index (χ4v) is 11.0. The Kier molecular flexibility index (Phi) is 5.89. The average molecular weight is 541 g/mol. The van der Waals surface area contributed by atoms with E-state index in [1.54, 1.807) is 11.1 Å². The van der Waals surface area contributed by atoms with E-state index in [1.807, 2.05) is 0 Å². The van der Waals surface area contributed by atoms with Crippen LogP contribution in [0, 0.1) is 11.8 Å². The van der Waals surface area contributed by atoms with Crippen molar-refractivity contribution >= 4 is 29.1 Å². The quantitative estimate of drug-likeness (QED) is 0.297. The van der Waals surface area contributed by atoms with Gasteiger partial charge in [-0.05, 0) is 53.2 Å². The molecule has 1 fully saturated rings. The van der Waals surface area contributed by atoms with E-state index in [0.29, 0.717) is 28.3 Å². The Labute approximate surface area is 240 Å². The molecular weight excluding hydrogens is 509 g/mol. The van der Waals surface area contributed by atoms with Crippen molar-refractivity contribution in [1.29, 1.82) is 0 Å². The highest BCUT2D eigenvalue weighted by Gasteiger charge is 2.59. The molecule has 3 aliphatic carbocycles. The van der Waals surface area contributed by atoms with Crippen molar-refractivity contribution in [3.05, 3.63) is 155 Å². The number of hydrogen-bond acceptors (Lipinski definition) is 2. The maximum Gasteiger partial charge on any atom is 0.0371 e. The monoisotopic (exact) mass is 540 g/mol. The maximum atomic E-state index is 2.64. The summed E-state index contributed by atoms with van der Waals surface area (Å²) in [6.45, 7) is 0. The minimum absolute atomic E-state index is 0.0396. The topological polar surface area (TPSA) is 0 Å². The summed E-state index contributed by atoms with van der Waals surface area (Å²) in [6, 6.07) is 31.5. The van der Waals surface area contributed by atoms with E-state index in [1.165, 1.54) is 32.9 Å². The minimum Gasteiger partial charge on any atom is -0.122 e. The molecule has 0 saturated carbocycles. The second kappa shape index (κ2) is 9.61. The first-order valence-corrected chi connectivity index (χ1v) is 16.1. The zero-order chi connectivity index (χ0) is 25.8. The molecule has 2 aliphatic heterocycles. The SMILES string of the molecule is C1=CC2C(C=C1c1ccccc1)SC1=CCCC=C1C21c2ccccc2SC2CC(c3ccccc3)C=CC21. The van der Waals surface area contributed by atoms with E-state index in [4.69, 9.17) is 0 Å². The van der Waals surface area contributed by atoms with Crippen LogP contribution < -0.4 is 0 Å². The van der Waals surface area contributed by atoms with Crippen molar-refractivity contribution in [3.8, 4) is 0 Å². The Hall–Kier alpha value is -2.94. The molecule has 192 valence electrons. The molecule has 0 aromatic heterocycles. The second-order valence-corrected chi connectivity index (χ2v) is 13.9. The van der Waals surface area contributed by atoms with Crippen LogP contribution in [-0.2, 0) is 5.41 Å². The second-order valence-electron chi connectivity index (χ2n) is 11.4. The van der Waals surface area contributed by atoms with Gasteiger partial charge in [0.05, 0.1) is 0 Å². The van der Waals surface area contributed by atoms with E-state index < -0.39 is 0 Å². The molecule has 2 heterocycles. The predicted octanol–water partition coefficient (Wildman–Crippen LogP) is 9.75. The fraction of sp³-hybridized carbons (Fsp3) is 0.243. The summed E-state index contributed by atoms with van der Waals surface area (Å²) in [5.41, 5.74) is 7.25. The van der Waals surface area contributed by atoms with E-state index in [0.717, 1.165) is 12.8 Å². The number of rotatable bonds is 2. The van der Waals surface area contributed by atoms with Gasteiger partial charge in [-0.2, -0.15) is 0 Å². The van der Waals surface area contributed by atoms with E-state index >= 15 is 0 Å². The van der Waals surface area contributed by atoms with Crippen LogP contribution in [0.25, 0.3) is 5.57 Å². The summed E-state index contributed by atoms with van der Waals surface area (Å²) in [5, 5.41) is 0.972. The van der Waals surface area contributed by atoms with Crippen molar-refractivity contribution < 1.29 is 0 Å². The van der Waals surface area contributed by atoms with Crippen molar-refractivity contribution in [2.75, 3.05) is 0 Å². The zero-order valence-electron chi connectivity index (χ0n) is 21.9. The van der Waals surface area contributed by atoms with Gasteiger partial charge in [0.15, 0.2) is 0 Å². The summed E-state index contributed by atoms with van der Waals surface area (Å²) in [5.74, 6) is 1.37. The third kappa shape index (κ3) is 3.75. The molecule has 0 nitrogen and oxygen atoms in total. The summed E-state index contributed by atoms with van der Waals surface area (Å²) in [7, 11) is 0. The highest BCUT2D eigenvalue weighted by Crippen LogP contribution is 2.67. The van der Waals surface area contributed by atoms with E-state index in [2.05, 4.69) is 151 Å². The predicted molar refractivity (Wildman–Crippen MR) is 168 cm³/mol. The lowest BCUT2D eigenvalue weighted by Gasteiger charge is -2.59. The molecule has 6 unspecified atom stereocenters. The van der Waals surface area contributed by atoms with Crippen LogP contribution in [-0.4, -0.2) is 10.5 Å². The lowest BCUT2D eigenvalue weighted by molar-refractivity contribution is 0.257. The highest BCUT2D eigenvalue weighted by atomic mass is 32.2. The summed E-state index contributed by atoms with van der Waals surface area (Å²) in [6.07, 6.45) is 21.4. The summed E-state index contributed by atoms with van der Waals surface area (Å²) >= 11 is 4.25. The first-order valence-electron chi connectivity index (χ1n) is 14.3. The van der Waals surface area contributed by atoms with E-state index in [9.17, 15) is 0 Å². The summed E-state index contributed by atoms with van der Waals surface area (Å²) < 4.78 is 0. The number of allylic oxidation sites excluding steroid dienone is 8. The van der Waals surface area contributed by atoms with Crippen molar-refractivity contribution in [3.63, 3.8) is 0 Å². The van der Waals surface area contributed by atoms with Gasteiger partial charge in [-0.1, -0.05) is 121 Å². The Morgan fingerprint density at radius 3 is 2.33 bits per heavy atom. The van der Waals surface area contributed by atoms with Crippen molar-refractivity contribution in [1.82, 2.24) is 0 Å². The number of fused-ring (bicyclic) bond motifs is 8. The number of benzene rings is 3. The van der Waals surface area contributed by atoms with Crippen LogP contribution in [0.5, 0.6) is 0 Å². The van der Waals surface area contributed by atoms with Gasteiger partial charge in [-0.25, -0.2) is 0 Å². The van der Waals surface area contributed by atoms with Gasteiger partial charge in [0.2, 0.25) is 0 Å². The Bertz CT molecular complexity index is 1560.